The van der Waals surface area contributed by atoms with Gasteiger partial charge in [0.1, 0.15) is 18.1 Å². The zero-order chi connectivity index (χ0) is 15.4. The smallest absolute Gasteiger partial charge is 0.159 e. The van der Waals surface area contributed by atoms with Crippen molar-refractivity contribution in [2.24, 2.45) is 0 Å². The van der Waals surface area contributed by atoms with E-state index in [1.165, 1.54) is 0 Å². The SMILES string of the molecule is COc1ccc(C(C)=O)cc1COc1cc(Br)ccc1C. The van der Waals surface area contributed by atoms with Gasteiger partial charge in [-0.15, -0.1) is 0 Å². The van der Waals surface area contributed by atoms with E-state index in [-0.39, 0.29) is 5.78 Å². The predicted octanol–water partition coefficient (Wildman–Crippen LogP) is 4.55. The van der Waals surface area contributed by atoms with E-state index in [1.54, 1.807) is 26.2 Å². The monoisotopic (exact) mass is 348 g/mol. The molecule has 0 spiro atoms. The first-order valence-corrected chi connectivity index (χ1v) is 7.37. The topological polar surface area (TPSA) is 35.5 Å². The average Bonchev–Trinajstić information content (AvgIpc) is 2.47. The number of rotatable bonds is 5. The van der Waals surface area contributed by atoms with Gasteiger partial charge in [-0.2, -0.15) is 0 Å². The van der Waals surface area contributed by atoms with Gasteiger partial charge in [0.2, 0.25) is 0 Å². The molecule has 0 aliphatic carbocycles. The molecule has 2 aromatic rings. The van der Waals surface area contributed by atoms with Crippen molar-refractivity contribution in [3.8, 4) is 11.5 Å². The Labute approximate surface area is 133 Å². The molecular weight excluding hydrogens is 332 g/mol. The molecule has 0 N–H and O–H groups in total. The van der Waals surface area contributed by atoms with Crippen molar-refractivity contribution < 1.29 is 14.3 Å². The number of methoxy groups -OCH3 is 1. The summed E-state index contributed by atoms with van der Waals surface area (Å²) in [5, 5.41) is 0. The van der Waals surface area contributed by atoms with E-state index in [4.69, 9.17) is 9.47 Å². The van der Waals surface area contributed by atoms with E-state index in [0.29, 0.717) is 17.9 Å². The van der Waals surface area contributed by atoms with Gasteiger partial charge < -0.3 is 9.47 Å². The summed E-state index contributed by atoms with van der Waals surface area (Å²) in [6, 6.07) is 11.3. The molecule has 0 bridgehead atoms. The number of carbonyl (C=O) groups excluding carboxylic acids is 1. The van der Waals surface area contributed by atoms with Gasteiger partial charge in [0, 0.05) is 15.6 Å². The third-order valence-corrected chi connectivity index (χ3v) is 3.71. The summed E-state index contributed by atoms with van der Waals surface area (Å²) < 4.78 is 12.1. The number of hydrogen-bond acceptors (Lipinski definition) is 3. The molecule has 0 aliphatic heterocycles. The van der Waals surface area contributed by atoms with Crippen molar-refractivity contribution in [1.82, 2.24) is 0 Å². The first-order chi connectivity index (χ1) is 10.0. The van der Waals surface area contributed by atoms with E-state index in [1.807, 2.05) is 31.2 Å². The van der Waals surface area contributed by atoms with Crippen LogP contribution in [-0.2, 0) is 6.61 Å². The molecule has 0 amide bonds. The normalized spacial score (nSPS) is 10.3. The van der Waals surface area contributed by atoms with Crippen LogP contribution >= 0.6 is 15.9 Å². The predicted molar refractivity (Wildman–Crippen MR) is 86.2 cm³/mol. The van der Waals surface area contributed by atoms with Crippen LogP contribution in [0.25, 0.3) is 0 Å². The van der Waals surface area contributed by atoms with Crippen LogP contribution in [0.1, 0.15) is 28.4 Å². The quantitative estimate of drug-likeness (QED) is 0.743. The Balaban J connectivity index is 2.24. The second-order valence-electron chi connectivity index (χ2n) is 4.78. The van der Waals surface area contributed by atoms with Crippen molar-refractivity contribution in [1.29, 1.82) is 0 Å². The van der Waals surface area contributed by atoms with Crippen LogP contribution < -0.4 is 9.47 Å². The van der Waals surface area contributed by atoms with Gasteiger partial charge >= 0.3 is 0 Å². The number of ketones is 1. The number of halogens is 1. The highest BCUT2D eigenvalue weighted by Gasteiger charge is 2.09. The van der Waals surface area contributed by atoms with Crippen molar-refractivity contribution in [2.45, 2.75) is 20.5 Å². The number of Topliss-reactive ketones (excluding diaryl/α,β-unsaturated/α-hetero) is 1. The Morgan fingerprint density at radius 2 is 1.90 bits per heavy atom. The van der Waals surface area contributed by atoms with Crippen LogP contribution in [0.3, 0.4) is 0 Å². The van der Waals surface area contributed by atoms with Gasteiger partial charge in [0.15, 0.2) is 5.78 Å². The largest absolute Gasteiger partial charge is 0.496 e. The maximum absolute atomic E-state index is 11.5. The molecule has 3 nitrogen and oxygen atoms in total. The average molecular weight is 349 g/mol. The molecule has 0 unspecified atom stereocenters. The lowest BCUT2D eigenvalue weighted by atomic mass is 10.1. The molecule has 0 aliphatic rings. The minimum atomic E-state index is 0.0255. The Bertz CT molecular complexity index is 665. The summed E-state index contributed by atoms with van der Waals surface area (Å²) in [6.07, 6.45) is 0. The van der Waals surface area contributed by atoms with Crippen LogP contribution in [0, 0.1) is 6.92 Å². The number of carbonyl (C=O) groups is 1. The fourth-order valence-corrected chi connectivity index (χ4v) is 2.34. The summed E-state index contributed by atoms with van der Waals surface area (Å²) in [7, 11) is 1.61. The highest BCUT2D eigenvalue weighted by atomic mass is 79.9. The first-order valence-electron chi connectivity index (χ1n) is 6.58. The van der Waals surface area contributed by atoms with Crippen molar-refractivity contribution in [2.75, 3.05) is 7.11 Å². The summed E-state index contributed by atoms with van der Waals surface area (Å²) in [4.78, 5) is 11.5. The molecule has 110 valence electrons. The molecule has 0 saturated heterocycles. The van der Waals surface area contributed by atoms with Crippen molar-refractivity contribution >= 4 is 21.7 Å². The third kappa shape index (κ3) is 3.85. The molecule has 2 rings (SSSR count). The summed E-state index contributed by atoms with van der Waals surface area (Å²) in [6.45, 7) is 3.89. The fourth-order valence-electron chi connectivity index (χ4n) is 2.00. The minimum Gasteiger partial charge on any atom is -0.496 e. The maximum Gasteiger partial charge on any atom is 0.159 e. The van der Waals surface area contributed by atoms with E-state index in [2.05, 4.69) is 15.9 Å². The Kier molecular flexibility index (Phi) is 5.02. The van der Waals surface area contributed by atoms with Gasteiger partial charge in [-0.1, -0.05) is 22.0 Å². The molecule has 0 saturated carbocycles. The number of hydrogen-bond donors (Lipinski definition) is 0. The lowest BCUT2D eigenvalue weighted by molar-refractivity contribution is 0.101. The Hall–Kier alpha value is -1.81. The fraction of sp³-hybridized carbons (Fsp3) is 0.235. The van der Waals surface area contributed by atoms with Gasteiger partial charge in [0.25, 0.3) is 0 Å². The molecule has 0 heterocycles. The van der Waals surface area contributed by atoms with Crippen LogP contribution in [0.5, 0.6) is 11.5 Å². The standard InChI is InChI=1S/C17H17BrO3/c1-11-4-6-15(18)9-17(11)21-10-14-8-13(12(2)19)5-7-16(14)20-3/h4-9H,10H2,1-3H3. The highest BCUT2D eigenvalue weighted by Crippen LogP contribution is 2.26. The van der Waals surface area contributed by atoms with Crippen molar-refractivity contribution in [3.63, 3.8) is 0 Å². The highest BCUT2D eigenvalue weighted by molar-refractivity contribution is 9.10. The van der Waals surface area contributed by atoms with Crippen LogP contribution in [0.4, 0.5) is 0 Å². The molecule has 0 atom stereocenters. The van der Waals surface area contributed by atoms with E-state index >= 15 is 0 Å². The second-order valence-corrected chi connectivity index (χ2v) is 5.70. The summed E-state index contributed by atoms with van der Waals surface area (Å²) in [5.41, 5.74) is 2.56. The van der Waals surface area contributed by atoms with Gasteiger partial charge in [-0.25, -0.2) is 0 Å². The Morgan fingerprint density at radius 1 is 1.14 bits per heavy atom. The van der Waals surface area contributed by atoms with Crippen LogP contribution in [-0.4, -0.2) is 12.9 Å². The lowest BCUT2D eigenvalue weighted by Gasteiger charge is -2.13. The number of ether oxygens (including phenoxy) is 2. The third-order valence-electron chi connectivity index (χ3n) is 3.22. The maximum atomic E-state index is 11.5. The molecule has 0 fully saturated rings. The zero-order valence-electron chi connectivity index (χ0n) is 12.3. The number of benzene rings is 2. The van der Waals surface area contributed by atoms with E-state index in [0.717, 1.165) is 21.3 Å². The van der Waals surface area contributed by atoms with E-state index < -0.39 is 0 Å². The lowest BCUT2D eigenvalue weighted by Crippen LogP contribution is -2.02. The first kappa shape index (κ1) is 15.6. The van der Waals surface area contributed by atoms with Crippen LogP contribution in [0.15, 0.2) is 40.9 Å². The molecule has 2 aromatic carbocycles. The van der Waals surface area contributed by atoms with E-state index in [9.17, 15) is 4.79 Å². The molecule has 0 radical (unpaired) electrons. The molecule has 0 aromatic heterocycles. The second kappa shape index (κ2) is 6.76. The summed E-state index contributed by atoms with van der Waals surface area (Å²) in [5.74, 6) is 1.55. The molecule has 4 heteroatoms. The van der Waals surface area contributed by atoms with Gasteiger partial charge in [0.05, 0.1) is 7.11 Å². The van der Waals surface area contributed by atoms with Crippen molar-refractivity contribution in [3.05, 3.63) is 57.6 Å². The molecular formula is C17H17BrO3. The summed E-state index contributed by atoms with van der Waals surface area (Å²) >= 11 is 3.43. The van der Waals surface area contributed by atoms with Gasteiger partial charge in [-0.05, 0) is 49.7 Å². The van der Waals surface area contributed by atoms with Crippen LogP contribution in [0.2, 0.25) is 0 Å². The zero-order valence-corrected chi connectivity index (χ0v) is 13.9. The molecule has 21 heavy (non-hydrogen) atoms. The Morgan fingerprint density at radius 3 is 2.57 bits per heavy atom. The minimum absolute atomic E-state index is 0.0255. The number of aryl methyl sites for hydroxylation is 1. The van der Waals surface area contributed by atoms with Gasteiger partial charge in [-0.3, -0.25) is 4.79 Å².